The molecule has 0 saturated carbocycles. The number of hydrogen-bond acceptors (Lipinski definition) is 2. The standard InChI is InChI=1S/C9H17ClO2/c1-4-5-6-12-9(11)8(10)7(2)3/h7-8H,4-6H2,1-3H3. The van der Waals surface area contributed by atoms with E-state index in [0.29, 0.717) is 6.61 Å². The van der Waals surface area contributed by atoms with Crippen LogP contribution in [0.1, 0.15) is 33.6 Å². The molecular weight excluding hydrogens is 176 g/mol. The molecule has 72 valence electrons. The number of carbonyl (C=O) groups excluding carboxylic acids is 1. The maximum atomic E-state index is 11.1. The Labute approximate surface area is 79.2 Å². The van der Waals surface area contributed by atoms with Gasteiger partial charge in [0.1, 0.15) is 5.38 Å². The van der Waals surface area contributed by atoms with Gasteiger partial charge in [-0.3, -0.25) is 4.79 Å². The van der Waals surface area contributed by atoms with Gasteiger partial charge in [0.05, 0.1) is 6.61 Å². The van der Waals surface area contributed by atoms with Crippen molar-refractivity contribution >= 4 is 17.6 Å². The molecule has 0 heterocycles. The zero-order chi connectivity index (χ0) is 9.56. The van der Waals surface area contributed by atoms with Gasteiger partial charge in [0.15, 0.2) is 0 Å². The van der Waals surface area contributed by atoms with E-state index >= 15 is 0 Å². The Kier molecular flexibility index (Phi) is 6.17. The van der Waals surface area contributed by atoms with Gasteiger partial charge in [-0.1, -0.05) is 27.2 Å². The maximum absolute atomic E-state index is 11.1. The Hall–Kier alpha value is -0.240. The van der Waals surface area contributed by atoms with E-state index in [4.69, 9.17) is 16.3 Å². The highest BCUT2D eigenvalue weighted by molar-refractivity contribution is 6.30. The van der Waals surface area contributed by atoms with Crippen molar-refractivity contribution in [1.82, 2.24) is 0 Å². The first-order chi connectivity index (χ1) is 5.59. The van der Waals surface area contributed by atoms with Crippen molar-refractivity contribution in [2.45, 2.75) is 39.0 Å². The van der Waals surface area contributed by atoms with Crippen molar-refractivity contribution in [1.29, 1.82) is 0 Å². The minimum absolute atomic E-state index is 0.140. The summed E-state index contributed by atoms with van der Waals surface area (Å²) in [4.78, 5) is 11.1. The van der Waals surface area contributed by atoms with E-state index in [0.717, 1.165) is 12.8 Å². The first-order valence-corrected chi connectivity index (χ1v) is 4.84. The van der Waals surface area contributed by atoms with Gasteiger partial charge in [0.2, 0.25) is 0 Å². The number of carbonyl (C=O) groups is 1. The SMILES string of the molecule is CCCCOC(=O)C(Cl)C(C)C. The van der Waals surface area contributed by atoms with Crippen molar-refractivity contribution in [3.63, 3.8) is 0 Å². The molecule has 0 aromatic rings. The van der Waals surface area contributed by atoms with Crippen molar-refractivity contribution in [3.8, 4) is 0 Å². The first-order valence-electron chi connectivity index (χ1n) is 4.40. The Balaban J connectivity index is 3.57. The van der Waals surface area contributed by atoms with Crippen LogP contribution in [0.3, 0.4) is 0 Å². The molecule has 1 atom stereocenters. The van der Waals surface area contributed by atoms with E-state index in [-0.39, 0.29) is 11.9 Å². The van der Waals surface area contributed by atoms with Gasteiger partial charge in [-0.15, -0.1) is 11.6 Å². The molecule has 0 radical (unpaired) electrons. The molecule has 0 aliphatic heterocycles. The van der Waals surface area contributed by atoms with Crippen LogP contribution in [0.15, 0.2) is 0 Å². The third-order valence-electron chi connectivity index (χ3n) is 1.55. The fourth-order valence-electron chi connectivity index (χ4n) is 0.669. The van der Waals surface area contributed by atoms with Crippen LogP contribution >= 0.6 is 11.6 Å². The van der Waals surface area contributed by atoms with E-state index in [1.54, 1.807) is 0 Å². The highest BCUT2D eigenvalue weighted by Gasteiger charge is 2.19. The van der Waals surface area contributed by atoms with Gasteiger partial charge in [-0.05, 0) is 12.3 Å². The molecule has 0 N–H and O–H groups in total. The number of alkyl halides is 1. The average Bonchev–Trinajstić information content (AvgIpc) is 2.03. The molecule has 2 nitrogen and oxygen atoms in total. The second-order valence-electron chi connectivity index (χ2n) is 3.17. The smallest absolute Gasteiger partial charge is 0.324 e. The molecule has 0 bridgehead atoms. The summed E-state index contributed by atoms with van der Waals surface area (Å²) in [6.45, 7) is 6.34. The molecule has 0 fully saturated rings. The summed E-state index contributed by atoms with van der Waals surface area (Å²) in [5.41, 5.74) is 0. The minimum atomic E-state index is -0.498. The van der Waals surface area contributed by atoms with E-state index in [1.807, 2.05) is 13.8 Å². The lowest BCUT2D eigenvalue weighted by atomic mass is 10.1. The largest absolute Gasteiger partial charge is 0.465 e. The summed E-state index contributed by atoms with van der Waals surface area (Å²) in [6, 6.07) is 0. The van der Waals surface area contributed by atoms with Crippen LogP contribution in [0.2, 0.25) is 0 Å². The van der Waals surface area contributed by atoms with Crippen LogP contribution in [-0.2, 0) is 9.53 Å². The Morgan fingerprint density at radius 2 is 2.08 bits per heavy atom. The molecule has 0 aromatic carbocycles. The zero-order valence-electron chi connectivity index (χ0n) is 7.97. The Morgan fingerprint density at radius 3 is 2.50 bits per heavy atom. The number of esters is 1. The molecule has 0 rings (SSSR count). The quantitative estimate of drug-likeness (QED) is 0.380. The fraction of sp³-hybridized carbons (Fsp3) is 0.889. The third kappa shape index (κ3) is 4.60. The van der Waals surface area contributed by atoms with Crippen LogP contribution in [0.5, 0.6) is 0 Å². The molecular formula is C9H17ClO2. The second-order valence-corrected chi connectivity index (χ2v) is 3.64. The number of rotatable bonds is 5. The molecule has 0 aliphatic rings. The number of hydrogen-bond donors (Lipinski definition) is 0. The summed E-state index contributed by atoms with van der Waals surface area (Å²) in [5.74, 6) is -0.152. The fourth-order valence-corrected chi connectivity index (χ4v) is 0.732. The Bertz CT molecular complexity index is 134. The Morgan fingerprint density at radius 1 is 1.50 bits per heavy atom. The predicted octanol–water partition coefficient (Wildman–Crippen LogP) is 2.59. The van der Waals surface area contributed by atoms with Gasteiger partial charge < -0.3 is 4.74 Å². The monoisotopic (exact) mass is 192 g/mol. The molecule has 0 saturated heterocycles. The lowest BCUT2D eigenvalue weighted by Crippen LogP contribution is -2.23. The van der Waals surface area contributed by atoms with Gasteiger partial charge in [-0.25, -0.2) is 0 Å². The topological polar surface area (TPSA) is 26.3 Å². The molecule has 0 spiro atoms. The molecule has 0 amide bonds. The normalized spacial score (nSPS) is 13.1. The minimum Gasteiger partial charge on any atom is -0.465 e. The molecule has 3 heteroatoms. The molecule has 0 aliphatic carbocycles. The van der Waals surface area contributed by atoms with Gasteiger partial charge >= 0.3 is 5.97 Å². The second kappa shape index (κ2) is 6.30. The highest BCUT2D eigenvalue weighted by atomic mass is 35.5. The van der Waals surface area contributed by atoms with Crippen LogP contribution < -0.4 is 0 Å². The summed E-state index contributed by atoms with van der Waals surface area (Å²) < 4.78 is 4.93. The summed E-state index contributed by atoms with van der Waals surface area (Å²) in [7, 11) is 0. The summed E-state index contributed by atoms with van der Waals surface area (Å²) >= 11 is 5.77. The number of ether oxygens (including phenoxy) is 1. The van der Waals surface area contributed by atoms with Gasteiger partial charge in [0.25, 0.3) is 0 Å². The average molecular weight is 193 g/mol. The predicted molar refractivity (Wildman–Crippen MR) is 50.3 cm³/mol. The number of halogens is 1. The van der Waals surface area contributed by atoms with Crippen LogP contribution in [0.25, 0.3) is 0 Å². The first kappa shape index (κ1) is 11.8. The van der Waals surface area contributed by atoms with Gasteiger partial charge in [-0.2, -0.15) is 0 Å². The zero-order valence-corrected chi connectivity index (χ0v) is 8.73. The highest BCUT2D eigenvalue weighted by Crippen LogP contribution is 2.11. The molecule has 12 heavy (non-hydrogen) atoms. The van der Waals surface area contributed by atoms with Crippen molar-refractivity contribution in [2.75, 3.05) is 6.61 Å². The molecule has 1 unspecified atom stereocenters. The van der Waals surface area contributed by atoms with E-state index in [1.165, 1.54) is 0 Å². The van der Waals surface area contributed by atoms with Crippen LogP contribution in [0, 0.1) is 5.92 Å². The van der Waals surface area contributed by atoms with Gasteiger partial charge in [0, 0.05) is 0 Å². The van der Waals surface area contributed by atoms with Crippen molar-refractivity contribution < 1.29 is 9.53 Å². The van der Waals surface area contributed by atoms with E-state index in [2.05, 4.69) is 6.92 Å². The van der Waals surface area contributed by atoms with Crippen LogP contribution in [-0.4, -0.2) is 18.0 Å². The van der Waals surface area contributed by atoms with E-state index in [9.17, 15) is 4.79 Å². The lowest BCUT2D eigenvalue weighted by molar-refractivity contribution is -0.144. The summed E-state index contributed by atoms with van der Waals surface area (Å²) in [5, 5.41) is -0.498. The third-order valence-corrected chi connectivity index (χ3v) is 2.23. The lowest BCUT2D eigenvalue weighted by Gasteiger charge is -2.11. The summed E-state index contributed by atoms with van der Waals surface area (Å²) in [6.07, 6.45) is 1.94. The molecule has 0 aromatic heterocycles. The van der Waals surface area contributed by atoms with Crippen molar-refractivity contribution in [2.24, 2.45) is 5.92 Å². The number of unbranched alkanes of at least 4 members (excludes halogenated alkanes) is 1. The van der Waals surface area contributed by atoms with E-state index < -0.39 is 5.38 Å². The maximum Gasteiger partial charge on any atom is 0.324 e. The van der Waals surface area contributed by atoms with Crippen LogP contribution in [0.4, 0.5) is 0 Å². The van der Waals surface area contributed by atoms with Crippen molar-refractivity contribution in [3.05, 3.63) is 0 Å².